The number of hydrogen-bond acceptors (Lipinski definition) is 4. The van der Waals surface area contributed by atoms with E-state index in [4.69, 9.17) is 9.84 Å². The summed E-state index contributed by atoms with van der Waals surface area (Å²) in [5.41, 5.74) is 1.12. The summed E-state index contributed by atoms with van der Waals surface area (Å²) < 4.78 is 5.13. The third kappa shape index (κ3) is 3.08. The minimum Gasteiger partial charge on any atom is -0.496 e. The summed E-state index contributed by atoms with van der Waals surface area (Å²) in [7, 11) is 1.51. The zero-order valence-corrected chi connectivity index (χ0v) is 10.5. The van der Waals surface area contributed by atoms with Crippen LogP contribution in [0.15, 0.2) is 42.6 Å². The van der Waals surface area contributed by atoms with E-state index in [-0.39, 0.29) is 12.5 Å². The summed E-state index contributed by atoms with van der Waals surface area (Å²) in [6.07, 6.45) is 1.53. The van der Waals surface area contributed by atoms with Gasteiger partial charge in [0.1, 0.15) is 11.6 Å². The Morgan fingerprint density at radius 3 is 2.89 bits per heavy atom. The molecule has 0 spiro atoms. The Balaban J connectivity index is 2.20. The standard InChI is InChI=1S/C14H14N2O3/c1-19-12-5-3-2-4-11(12)14(18)16-13-8-10(9-17)6-7-15-13/h2-8,17H,9H2,1H3,(H,15,16,18). The predicted octanol–water partition coefficient (Wildman–Crippen LogP) is 1.83. The fraction of sp³-hybridized carbons (Fsp3) is 0.143. The fourth-order valence-electron chi connectivity index (χ4n) is 1.66. The van der Waals surface area contributed by atoms with Crippen LogP contribution in [0.3, 0.4) is 0 Å². The maximum absolute atomic E-state index is 12.1. The Bertz CT molecular complexity index is 584. The number of anilines is 1. The van der Waals surface area contributed by atoms with Crippen LogP contribution >= 0.6 is 0 Å². The maximum Gasteiger partial charge on any atom is 0.260 e. The van der Waals surface area contributed by atoms with Gasteiger partial charge in [0.05, 0.1) is 19.3 Å². The van der Waals surface area contributed by atoms with E-state index in [2.05, 4.69) is 10.3 Å². The molecule has 0 bridgehead atoms. The molecule has 1 heterocycles. The molecule has 0 aliphatic rings. The molecule has 2 rings (SSSR count). The molecule has 0 fully saturated rings. The van der Waals surface area contributed by atoms with Gasteiger partial charge in [0.25, 0.3) is 5.91 Å². The number of carbonyl (C=O) groups is 1. The normalized spacial score (nSPS) is 10.0. The van der Waals surface area contributed by atoms with Crippen molar-refractivity contribution >= 4 is 11.7 Å². The van der Waals surface area contributed by atoms with Crippen LogP contribution in [-0.2, 0) is 6.61 Å². The third-order valence-corrected chi connectivity index (χ3v) is 2.60. The molecule has 5 heteroatoms. The third-order valence-electron chi connectivity index (χ3n) is 2.60. The maximum atomic E-state index is 12.1. The lowest BCUT2D eigenvalue weighted by atomic mass is 10.2. The Morgan fingerprint density at radius 2 is 2.16 bits per heavy atom. The van der Waals surface area contributed by atoms with Crippen molar-refractivity contribution in [3.8, 4) is 5.75 Å². The Kier molecular flexibility index (Phi) is 4.10. The van der Waals surface area contributed by atoms with E-state index in [1.165, 1.54) is 13.3 Å². The summed E-state index contributed by atoms with van der Waals surface area (Å²) in [4.78, 5) is 16.1. The minimum absolute atomic E-state index is 0.0972. The molecule has 0 unspecified atom stereocenters. The Hall–Kier alpha value is -2.40. The quantitative estimate of drug-likeness (QED) is 0.877. The first kappa shape index (κ1) is 13.0. The molecule has 19 heavy (non-hydrogen) atoms. The molecule has 0 saturated carbocycles. The SMILES string of the molecule is COc1ccccc1C(=O)Nc1cc(CO)ccn1. The van der Waals surface area contributed by atoms with Crippen LogP contribution in [0.25, 0.3) is 0 Å². The molecule has 0 atom stereocenters. The molecule has 2 N–H and O–H groups in total. The van der Waals surface area contributed by atoms with Crippen LogP contribution < -0.4 is 10.1 Å². The second-order valence-corrected chi connectivity index (χ2v) is 3.86. The van der Waals surface area contributed by atoms with Crippen LogP contribution in [0.1, 0.15) is 15.9 Å². The number of rotatable bonds is 4. The topological polar surface area (TPSA) is 71.5 Å². The van der Waals surface area contributed by atoms with Crippen molar-refractivity contribution in [3.05, 3.63) is 53.7 Å². The monoisotopic (exact) mass is 258 g/mol. The molecule has 0 aliphatic heterocycles. The highest BCUT2D eigenvalue weighted by molar-refractivity contribution is 6.05. The lowest BCUT2D eigenvalue weighted by Gasteiger charge is -2.09. The number of aliphatic hydroxyl groups is 1. The van der Waals surface area contributed by atoms with Gasteiger partial charge < -0.3 is 15.2 Å². The second-order valence-electron chi connectivity index (χ2n) is 3.86. The van der Waals surface area contributed by atoms with Gasteiger partial charge in [0.2, 0.25) is 0 Å². The summed E-state index contributed by atoms with van der Waals surface area (Å²) in [6.45, 7) is -0.0972. The smallest absolute Gasteiger partial charge is 0.260 e. The first-order valence-electron chi connectivity index (χ1n) is 5.74. The van der Waals surface area contributed by atoms with Gasteiger partial charge in [0.15, 0.2) is 0 Å². The van der Waals surface area contributed by atoms with Gasteiger partial charge in [-0.25, -0.2) is 4.98 Å². The zero-order valence-electron chi connectivity index (χ0n) is 10.5. The highest BCUT2D eigenvalue weighted by Crippen LogP contribution is 2.18. The second kappa shape index (κ2) is 5.97. The number of para-hydroxylation sites is 1. The van der Waals surface area contributed by atoms with Gasteiger partial charge in [0, 0.05) is 6.20 Å². The first-order valence-corrected chi connectivity index (χ1v) is 5.74. The van der Waals surface area contributed by atoms with Crippen LogP contribution in [0.4, 0.5) is 5.82 Å². The molecule has 0 saturated heterocycles. The van der Waals surface area contributed by atoms with Crippen molar-refractivity contribution in [2.24, 2.45) is 0 Å². The lowest BCUT2D eigenvalue weighted by Crippen LogP contribution is -2.14. The number of benzene rings is 1. The number of pyridine rings is 1. The van der Waals surface area contributed by atoms with Gasteiger partial charge >= 0.3 is 0 Å². The van der Waals surface area contributed by atoms with Crippen LogP contribution in [-0.4, -0.2) is 23.1 Å². The van der Waals surface area contributed by atoms with E-state index in [9.17, 15) is 4.79 Å². The first-order chi connectivity index (χ1) is 9.24. The van der Waals surface area contributed by atoms with E-state index in [0.717, 1.165) is 0 Å². The summed E-state index contributed by atoms with van der Waals surface area (Å²) in [6, 6.07) is 10.2. The molecule has 1 aromatic heterocycles. The van der Waals surface area contributed by atoms with E-state index < -0.39 is 0 Å². The van der Waals surface area contributed by atoms with Gasteiger partial charge in [-0.05, 0) is 29.8 Å². The molecule has 1 aromatic carbocycles. The van der Waals surface area contributed by atoms with E-state index >= 15 is 0 Å². The molecule has 5 nitrogen and oxygen atoms in total. The highest BCUT2D eigenvalue weighted by Gasteiger charge is 2.12. The molecule has 0 aliphatic carbocycles. The Labute approximate surface area is 110 Å². The van der Waals surface area contributed by atoms with Crippen LogP contribution in [0.2, 0.25) is 0 Å². The fourth-order valence-corrected chi connectivity index (χ4v) is 1.66. The molecule has 0 radical (unpaired) electrons. The molecule has 2 aromatic rings. The average Bonchev–Trinajstić information content (AvgIpc) is 2.47. The van der Waals surface area contributed by atoms with Gasteiger partial charge in [-0.1, -0.05) is 12.1 Å². The van der Waals surface area contributed by atoms with Crippen molar-refractivity contribution in [1.29, 1.82) is 0 Å². The number of nitrogens with one attached hydrogen (secondary N) is 1. The van der Waals surface area contributed by atoms with Crippen molar-refractivity contribution in [2.45, 2.75) is 6.61 Å². The van der Waals surface area contributed by atoms with Gasteiger partial charge in [-0.2, -0.15) is 0 Å². The van der Waals surface area contributed by atoms with Crippen molar-refractivity contribution in [3.63, 3.8) is 0 Å². The number of aromatic nitrogens is 1. The average molecular weight is 258 g/mol. The number of hydrogen-bond donors (Lipinski definition) is 2. The van der Waals surface area contributed by atoms with E-state index in [1.807, 2.05) is 0 Å². The van der Waals surface area contributed by atoms with Crippen molar-refractivity contribution in [2.75, 3.05) is 12.4 Å². The molecule has 1 amide bonds. The van der Waals surface area contributed by atoms with Crippen molar-refractivity contribution in [1.82, 2.24) is 4.98 Å². The molecular formula is C14H14N2O3. The number of methoxy groups -OCH3 is 1. The summed E-state index contributed by atoms with van der Waals surface area (Å²) in [5, 5.41) is 11.7. The van der Waals surface area contributed by atoms with Crippen LogP contribution in [0.5, 0.6) is 5.75 Å². The minimum atomic E-state index is -0.306. The zero-order chi connectivity index (χ0) is 13.7. The van der Waals surface area contributed by atoms with Crippen LogP contribution in [0, 0.1) is 0 Å². The largest absolute Gasteiger partial charge is 0.496 e. The lowest BCUT2D eigenvalue weighted by molar-refractivity contribution is 0.102. The Morgan fingerprint density at radius 1 is 1.37 bits per heavy atom. The number of carbonyl (C=O) groups excluding carboxylic acids is 1. The summed E-state index contributed by atoms with van der Waals surface area (Å²) >= 11 is 0. The van der Waals surface area contributed by atoms with E-state index in [1.54, 1.807) is 36.4 Å². The molecule has 98 valence electrons. The number of aliphatic hydroxyl groups excluding tert-OH is 1. The van der Waals surface area contributed by atoms with E-state index in [0.29, 0.717) is 22.7 Å². The summed E-state index contributed by atoms with van der Waals surface area (Å²) in [5.74, 6) is 0.584. The van der Waals surface area contributed by atoms with Gasteiger partial charge in [-0.15, -0.1) is 0 Å². The van der Waals surface area contributed by atoms with Gasteiger partial charge in [-0.3, -0.25) is 4.79 Å². The highest BCUT2D eigenvalue weighted by atomic mass is 16.5. The molecular weight excluding hydrogens is 244 g/mol. The number of ether oxygens (including phenoxy) is 1. The predicted molar refractivity (Wildman–Crippen MR) is 71.1 cm³/mol. The van der Waals surface area contributed by atoms with Crippen molar-refractivity contribution < 1.29 is 14.6 Å². The number of amides is 1. The number of nitrogens with zero attached hydrogens (tertiary/aromatic N) is 1.